The average Bonchev–Trinajstić information content (AvgIpc) is 2.71. The van der Waals surface area contributed by atoms with Gasteiger partial charge in [-0.25, -0.2) is 0 Å². The molecule has 0 saturated heterocycles. The second-order valence-corrected chi connectivity index (χ2v) is 11.3. The molecule has 0 amide bonds. The van der Waals surface area contributed by atoms with Crippen LogP contribution in [0.3, 0.4) is 0 Å². The van der Waals surface area contributed by atoms with Crippen LogP contribution < -0.4 is 5.30 Å². The number of benzene rings is 3. The Bertz CT molecular complexity index is 1220. The van der Waals surface area contributed by atoms with Crippen molar-refractivity contribution < 1.29 is 14.2 Å². The van der Waals surface area contributed by atoms with Crippen LogP contribution in [0, 0.1) is 20.8 Å². The molecule has 3 rings (SSSR count). The highest BCUT2D eigenvalue weighted by Gasteiger charge is 2.45. The Morgan fingerprint density at radius 2 is 1.16 bits per heavy atom. The minimum absolute atomic E-state index is 0.0332. The third-order valence-corrected chi connectivity index (χ3v) is 9.10. The maximum atomic E-state index is 14.4. The molecule has 0 aliphatic heterocycles. The summed E-state index contributed by atoms with van der Waals surface area (Å²) in [6.07, 6.45) is 0. The zero-order valence-electron chi connectivity index (χ0n) is 16.8. The summed E-state index contributed by atoms with van der Waals surface area (Å²) in [7, 11) is -4.42. The molecule has 0 spiro atoms. The highest BCUT2D eigenvalue weighted by molar-refractivity contribution is 8.01. The molecule has 0 aliphatic rings. The van der Waals surface area contributed by atoms with Crippen LogP contribution in [0.2, 0.25) is 20.1 Å². The molecule has 0 aliphatic carbocycles. The van der Waals surface area contributed by atoms with Gasteiger partial charge in [0.15, 0.2) is 0 Å². The van der Waals surface area contributed by atoms with E-state index in [0.717, 1.165) is 5.56 Å². The van der Waals surface area contributed by atoms with E-state index in [1.807, 2.05) is 6.92 Å². The van der Waals surface area contributed by atoms with Crippen molar-refractivity contribution in [2.45, 2.75) is 20.8 Å². The molecule has 160 valence electrons. The molecule has 0 bridgehead atoms. The Morgan fingerprint density at radius 3 is 1.65 bits per heavy atom. The predicted octanol–water partition coefficient (Wildman–Crippen LogP) is 7.89. The number of hydrogen-bond donors (Lipinski definition) is 0. The minimum atomic E-state index is -4.42. The molecular formula is C23H17Cl4O3P. The summed E-state index contributed by atoms with van der Waals surface area (Å²) in [4.78, 5) is 27.5. The summed E-state index contributed by atoms with van der Waals surface area (Å²) in [6, 6.07) is 12.7. The zero-order valence-corrected chi connectivity index (χ0v) is 20.7. The SMILES string of the molecule is Cc1cc(C)c(C(=O)P(=O)(C(=O)c2c(Cl)c(Cl)cc(Cl)c2Cl)c2ccccc2)c(C)c1. The number of carbonyl (C=O) groups is 2. The summed E-state index contributed by atoms with van der Waals surface area (Å²) in [5, 5.41) is -0.402. The fourth-order valence-electron chi connectivity index (χ4n) is 3.56. The predicted molar refractivity (Wildman–Crippen MR) is 129 cm³/mol. The minimum Gasteiger partial charge on any atom is -0.302 e. The van der Waals surface area contributed by atoms with Gasteiger partial charge in [0.2, 0.25) is 18.2 Å². The Balaban J connectivity index is 2.35. The second kappa shape index (κ2) is 9.10. The maximum Gasteiger partial charge on any atom is 0.248 e. The standard InChI is InChI=1S/C23H17Cl4O3P/c1-12-9-13(2)18(14(3)10-12)22(28)31(30,15-7-5-4-6-8-15)23(29)19-20(26)16(24)11-17(25)21(19)27/h4-11H,1-3H3. The van der Waals surface area contributed by atoms with Crippen LogP contribution >= 0.6 is 53.5 Å². The third-order valence-electron chi connectivity index (χ3n) is 4.91. The number of halogens is 4. The quantitative estimate of drug-likeness (QED) is 0.257. The second-order valence-electron chi connectivity index (χ2n) is 7.17. The summed E-state index contributed by atoms with van der Waals surface area (Å²) >= 11 is 24.7. The van der Waals surface area contributed by atoms with Crippen LogP contribution in [0.25, 0.3) is 0 Å². The van der Waals surface area contributed by atoms with Crippen molar-refractivity contribution in [2.24, 2.45) is 0 Å². The Labute approximate surface area is 200 Å². The molecule has 3 aromatic carbocycles. The van der Waals surface area contributed by atoms with Crippen molar-refractivity contribution in [3.05, 3.63) is 96.4 Å². The van der Waals surface area contributed by atoms with Crippen LogP contribution in [-0.4, -0.2) is 11.0 Å². The Kier molecular flexibility index (Phi) is 7.05. The first-order valence-electron chi connectivity index (χ1n) is 9.16. The maximum absolute atomic E-state index is 14.4. The highest BCUT2D eigenvalue weighted by Crippen LogP contribution is 2.54. The Hall–Kier alpha value is -1.61. The molecule has 1 atom stereocenters. The van der Waals surface area contributed by atoms with Gasteiger partial charge in [-0.1, -0.05) is 94.4 Å². The summed E-state index contributed by atoms with van der Waals surface area (Å²) in [5.41, 5.74) is 0.278. The lowest BCUT2D eigenvalue weighted by Crippen LogP contribution is -2.22. The molecule has 31 heavy (non-hydrogen) atoms. The van der Waals surface area contributed by atoms with Crippen molar-refractivity contribution in [3.63, 3.8) is 0 Å². The lowest BCUT2D eigenvalue weighted by atomic mass is 10.0. The smallest absolute Gasteiger partial charge is 0.248 e. The zero-order chi connectivity index (χ0) is 23.1. The van der Waals surface area contributed by atoms with E-state index in [4.69, 9.17) is 46.4 Å². The van der Waals surface area contributed by atoms with Gasteiger partial charge in [-0.2, -0.15) is 0 Å². The van der Waals surface area contributed by atoms with Gasteiger partial charge in [0.05, 0.1) is 25.7 Å². The number of aryl methyl sites for hydroxylation is 3. The summed E-state index contributed by atoms with van der Waals surface area (Å²) in [6.45, 7) is 5.37. The Morgan fingerprint density at radius 1 is 0.710 bits per heavy atom. The molecular weight excluding hydrogens is 497 g/mol. The lowest BCUT2D eigenvalue weighted by Gasteiger charge is -2.21. The van der Waals surface area contributed by atoms with E-state index in [-0.39, 0.29) is 36.5 Å². The first-order chi connectivity index (χ1) is 14.5. The summed E-state index contributed by atoms with van der Waals surface area (Å²) in [5.74, 6) is 0. The monoisotopic (exact) mass is 512 g/mol. The number of hydrogen-bond acceptors (Lipinski definition) is 3. The van der Waals surface area contributed by atoms with Gasteiger partial charge in [0, 0.05) is 10.9 Å². The first kappa shape index (κ1) is 24.0. The van der Waals surface area contributed by atoms with Crippen LogP contribution in [0.4, 0.5) is 0 Å². The lowest BCUT2D eigenvalue weighted by molar-refractivity contribution is 0.104. The van der Waals surface area contributed by atoms with E-state index < -0.39 is 18.2 Å². The van der Waals surface area contributed by atoms with Gasteiger partial charge in [0.1, 0.15) is 0 Å². The molecule has 0 N–H and O–H groups in total. The van der Waals surface area contributed by atoms with Gasteiger partial charge in [0.25, 0.3) is 0 Å². The van der Waals surface area contributed by atoms with Crippen LogP contribution in [0.5, 0.6) is 0 Å². The molecule has 0 fully saturated rings. The van der Waals surface area contributed by atoms with Gasteiger partial charge in [-0.15, -0.1) is 0 Å². The third kappa shape index (κ3) is 4.23. The molecule has 3 nitrogen and oxygen atoms in total. The topological polar surface area (TPSA) is 51.2 Å². The van der Waals surface area contributed by atoms with E-state index >= 15 is 0 Å². The van der Waals surface area contributed by atoms with Crippen molar-refractivity contribution in [1.29, 1.82) is 0 Å². The molecule has 0 saturated carbocycles. The highest BCUT2D eigenvalue weighted by atomic mass is 35.5. The fourth-order valence-corrected chi connectivity index (χ4v) is 7.12. The number of rotatable bonds is 5. The van der Waals surface area contributed by atoms with E-state index in [1.54, 1.807) is 44.2 Å². The molecule has 0 aromatic heterocycles. The van der Waals surface area contributed by atoms with Crippen molar-refractivity contribution in [1.82, 2.24) is 0 Å². The molecule has 0 heterocycles. The molecule has 8 heteroatoms. The van der Waals surface area contributed by atoms with E-state index in [0.29, 0.717) is 11.1 Å². The molecule has 1 unspecified atom stereocenters. The van der Waals surface area contributed by atoms with Crippen LogP contribution in [0.1, 0.15) is 37.4 Å². The van der Waals surface area contributed by atoms with E-state index in [2.05, 4.69) is 0 Å². The average molecular weight is 514 g/mol. The normalized spacial score (nSPS) is 13.0. The van der Waals surface area contributed by atoms with Crippen molar-refractivity contribution in [3.8, 4) is 0 Å². The fraction of sp³-hybridized carbons (Fsp3) is 0.130. The summed E-state index contributed by atoms with van der Waals surface area (Å²) < 4.78 is 14.4. The van der Waals surface area contributed by atoms with E-state index in [9.17, 15) is 14.2 Å². The molecule has 0 radical (unpaired) electrons. The van der Waals surface area contributed by atoms with Crippen molar-refractivity contribution in [2.75, 3.05) is 0 Å². The van der Waals surface area contributed by atoms with Gasteiger partial charge >= 0.3 is 0 Å². The van der Waals surface area contributed by atoms with Crippen LogP contribution in [0.15, 0.2) is 48.5 Å². The van der Waals surface area contributed by atoms with Gasteiger partial charge in [-0.3, -0.25) is 9.59 Å². The molecule has 3 aromatic rings. The van der Waals surface area contributed by atoms with Crippen molar-refractivity contribution >= 4 is 69.9 Å². The number of carbonyl (C=O) groups excluding carboxylic acids is 2. The largest absolute Gasteiger partial charge is 0.302 e. The van der Waals surface area contributed by atoms with Gasteiger partial charge in [-0.05, 0) is 38.0 Å². The van der Waals surface area contributed by atoms with E-state index in [1.165, 1.54) is 18.2 Å². The first-order valence-corrected chi connectivity index (χ1v) is 12.4. The van der Waals surface area contributed by atoms with Gasteiger partial charge < -0.3 is 4.57 Å². The van der Waals surface area contributed by atoms with Crippen LogP contribution in [-0.2, 0) is 4.57 Å².